The monoisotopic (exact) mass is 250 g/mol. The van der Waals surface area contributed by atoms with Crippen molar-refractivity contribution < 1.29 is 34.3 Å². The maximum atomic E-state index is 10.9. The molecule has 1 rings (SSSR count). The molecule has 7 nitrogen and oxygen atoms in total. The number of carboxylic acids is 1. The van der Waals surface area contributed by atoms with Crippen molar-refractivity contribution in [3.8, 4) is 0 Å². The molecule has 0 aliphatic carbocycles. The zero-order valence-corrected chi connectivity index (χ0v) is 9.94. The molecule has 7 heteroatoms. The van der Waals surface area contributed by atoms with Crippen LogP contribution in [0.5, 0.6) is 0 Å². The molecule has 0 spiro atoms. The molecule has 100 valence electrons. The zero-order valence-electron chi connectivity index (χ0n) is 9.94. The second-order valence-corrected chi connectivity index (χ2v) is 4.13. The van der Waals surface area contributed by atoms with Crippen molar-refractivity contribution in [2.75, 3.05) is 7.11 Å². The Balaban J connectivity index is 2.83. The van der Waals surface area contributed by atoms with Gasteiger partial charge in [-0.05, 0) is 13.8 Å². The van der Waals surface area contributed by atoms with Crippen LogP contribution in [-0.4, -0.2) is 65.2 Å². The maximum Gasteiger partial charge on any atom is 0.335 e. The van der Waals surface area contributed by atoms with Crippen molar-refractivity contribution in [3.05, 3.63) is 0 Å². The van der Waals surface area contributed by atoms with Crippen molar-refractivity contribution in [1.29, 1.82) is 0 Å². The normalized spacial score (nSPS) is 38.4. The molecule has 0 radical (unpaired) electrons. The van der Waals surface area contributed by atoms with Crippen LogP contribution in [0.25, 0.3) is 0 Å². The number of carboxylic acid groups (broad SMARTS) is 1. The van der Waals surface area contributed by atoms with Crippen LogP contribution in [0.15, 0.2) is 0 Å². The van der Waals surface area contributed by atoms with Gasteiger partial charge in [-0.15, -0.1) is 0 Å². The van der Waals surface area contributed by atoms with Crippen LogP contribution in [0.3, 0.4) is 0 Å². The third kappa shape index (κ3) is 3.14. The van der Waals surface area contributed by atoms with Gasteiger partial charge in [0.2, 0.25) is 0 Å². The summed E-state index contributed by atoms with van der Waals surface area (Å²) in [5.74, 6) is -1.31. The van der Waals surface area contributed by atoms with E-state index in [9.17, 15) is 15.0 Å². The van der Waals surface area contributed by atoms with E-state index in [2.05, 4.69) is 0 Å². The van der Waals surface area contributed by atoms with E-state index in [1.807, 2.05) is 0 Å². The van der Waals surface area contributed by atoms with Gasteiger partial charge in [-0.25, -0.2) is 4.79 Å². The highest BCUT2D eigenvalue weighted by Gasteiger charge is 2.48. The maximum absolute atomic E-state index is 10.9. The van der Waals surface area contributed by atoms with Crippen LogP contribution in [0.4, 0.5) is 0 Å². The average molecular weight is 250 g/mol. The predicted molar refractivity (Wildman–Crippen MR) is 55.3 cm³/mol. The molecule has 1 aliphatic heterocycles. The molecule has 1 fully saturated rings. The molecule has 0 aromatic heterocycles. The summed E-state index contributed by atoms with van der Waals surface area (Å²) >= 11 is 0. The highest BCUT2D eigenvalue weighted by Crippen LogP contribution is 2.25. The quantitative estimate of drug-likeness (QED) is 0.585. The summed E-state index contributed by atoms with van der Waals surface area (Å²) in [6, 6.07) is 0. The second-order valence-electron chi connectivity index (χ2n) is 4.13. The molecular formula is C10H18O7. The fourth-order valence-corrected chi connectivity index (χ4v) is 1.76. The molecule has 1 saturated heterocycles. The number of hydrogen-bond donors (Lipinski definition) is 3. The Morgan fingerprint density at radius 1 is 1.29 bits per heavy atom. The number of aliphatic hydroxyl groups is 2. The van der Waals surface area contributed by atoms with Crippen molar-refractivity contribution >= 4 is 5.97 Å². The van der Waals surface area contributed by atoms with Gasteiger partial charge in [-0.1, -0.05) is 0 Å². The van der Waals surface area contributed by atoms with Crippen molar-refractivity contribution in [1.82, 2.24) is 0 Å². The minimum absolute atomic E-state index is 0.244. The minimum Gasteiger partial charge on any atom is -0.479 e. The first-order valence-corrected chi connectivity index (χ1v) is 5.31. The lowest BCUT2D eigenvalue weighted by Gasteiger charge is -2.40. The van der Waals surface area contributed by atoms with E-state index >= 15 is 0 Å². The molecule has 0 saturated carbocycles. The fourth-order valence-electron chi connectivity index (χ4n) is 1.76. The summed E-state index contributed by atoms with van der Waals surface area (Å²) < 4.78 is 15.0. The first-order valence-electron chi connectivity index (χ1n) is 5.31. The van der Waals surface area contributed by atoms with E-state index < -0.39 is 36.7 Å². The third-order valence-electron chi connectivity index (χ3n) is 2.48. The Labute approximate surface area is 98.9 Å². The standard InChI is InChI=1S/C10H18O7/c1-4(2)16-7-5(11)6(15-3)8(9(12)13)17-10(7)14/h4-8,10-11,14H,1-3H3,(H,12,13). The molecule has 17 heavy (non-hydrogen) atoms. The Morgan fingerprint density at radius 2 is 1.88 bits per heavy atom. The van der Waals surface area contributed by atoms with Gasteiger partial charge in [0.05, 0.1) is 6.10 Å². The van der Waals surface area contributed by atoms with Gasteiger partial charge in [0.1, 0.15) is 18.3 Å². The highest BCUT2D eigenvalue weighted by atomic mass is 16.7. The molecule has 1 aliphatic rings. The van der Waals surface area contributed by atoms with Gasteiger partial charge in [-0.3, -0.25) is 0 Å². The van der Waals surface area contributed by atoms with E-state index in [0.29, 0.717) is 0 Å². The first kappa shape index (κ1) is 14.3. The van der Waals surface area contributed by atoms with Crippen molar-refractivity contribution in [2.24, 2.45) is 0 Å². The van der Waals surface area contributed by atoms with Gasteiger partial charge in [0.15, 0.2) is 12.4 Å². The van der Waals surface area contributed by atoms with Crippen molar-refractivity contribution in [3.63, 3.8) is 0 Å². The summed E-state index contributed by atoms with van der Waals surface area (Å²) in [7, 11) is 1.26. The summed E-state index contributed by atoms with van der Waals surface area (Å²) in [6.07, 6.45) is -6.55. The summed E-state index contributed by atoms with van der Waals surface area (Å²) in [6.45, 7) is 3.45. The van der Waals surface area contributed by atoms with Crippen LogP contribution >= 0.6 is 0 Å². The summed E-state index contributed by atoms with van der Waals surface area (Å²) in [5, 5.41) is 28.4. The second kappa shape index (κ2) is 5.74. The number of aliphatic hydroxyl groups excluding tert-OH is 2. The molecule has 0 aromatic rings. The van der Waals surface area contributed by atoms with Gasteiger partial charge >= 0.3 is 5.97 Å². The smallest absolute Gasteiger partial charge is 0.335 e. The number of hydrogen-bond acceptors (Lipinski definition) is 6. The minimum atomic E-state index is -1.50. The molecule has 3 N–H and O–H groups in total. The molecule has 0 aromatic carbocycles. The van der Waals surface area contributed by atoms with Gasteiger partial charge in [0, 0.05) is 7.11 Å². The number of methoxy groups -OCH3 is 1. The van der Waals surface area contributed by atoms with Crippen LogP contribution in [-0.2, 0) is 19.0 Å². The predicted octanol–water partition coefficient (Wildman–Crippen LogP) is -1.04. The summed E-state index contributed by atoms with van der Waals surface area (Å²) in [4.78, 5) is 10.9. The van der Waals surface area contributed by atoms with Gasteiger partial charge in [0.25, 0.3) is 0 Å². The number of aliphatic carboxylic acids is 1. The van der Waals surface area contributed by atoms with Crippen LogP contribution < -0.4 is 0 Å². The molecule has 0 bridgehead atoms. The number of rotatable bonds is 4. The van der Waals surface area contributed by atoms with E-state index in [1.165, 1.54) is 7.11 Å². The molecule has 1 heterocycles. The Hall–Kier alpha value is -0.730. The largest absolute Gasteiger partial charge is 0.479 e. The SMILES string of the molecule is COC1C(C(=O)O)OC(O)C(OC(C)C)C1O. The van der Waals surface area contributed by atoms with Crippen LogP contribution in [0, 0.1) is 0 Å². The van der Waals surface area contributed by atoms with E-state index in [-0.39, 0.29) is 6.10 Å². The Bertz CT molecular complexity index is 267. The van der Waals surface area contributed by atoms with Crippen LogP contribution in [0.1, 0.15) is 13.8 Å². The number of ether oxygens (including phenoxy) is 3. The first-order chi connectivity index (χ1) is 7.88. The lowest BCUT2D eigenvalue weighted by Crippen LogP contribution is -2.61. The lowest BCUT2D eigenvalue weighted by molar-refractivity contribution is -0.298. The molecule has 5 unspecified atom stereocenters. The third-order valence-corrected chi connectivity index (χ3v) is 2.48. The lowest BCUT2D eigenvalue weighted by atomic mass is 9.98. The van der Waals surface area contributed by atoms with Crippen LogP contribution in [0.2, 0.25) is 0 Å². The van der Waals surface area contributed by atoms with Gasteiger partial charge < -0.3 is 29.5 Å². The average Bonchev–Trinajstić information content (AvgIpc) is 2.23. The molecule has 5 atom stereocenters. The summed E-state index contributed by atoms with van der Waals surface area (Å²) in [5.41, 5.74) is 0. The zero-order chi connectivity index (χ0) is 13.2. The molecular weight excluding hydrogens is 232 g/mol. The fraction of sp³-hybridized carbons (Fsp3) is 0.900. The Morgan fingerprint density at radius 3 is 2.29 bits per heavy atom. The highest BCUT2D eigenvalue weighted by molar-refractivity contribution is 5.73. The topological polar surface area (TPSA) is 105 Å². The van der Waals surface area contributed by atoms with E-state index in [1.54, 1.807) is 13.8 Å². The van der Waals surface area contributed by atoms with E-state index in [0.717, 1.165) is 0 Å². The molecule has 0 amide bonds. The Kier molecular flexibility index (Phi) is 4.84. The van der Waals surface area contributed by atoms with Gasteiger partial charge in [-0.2, -0.15) is 0 Å². The number of carbonyl (C=O) groups is 1. The van der Waals surface area contributed by atoms with E-state index in [4.69, 9.17) is 19.3 Å². The van der Waals surface area contributed by atoms with Crippen molar-refractivity contribution in [2.45, 2.75) is 50.7 Å².